The zero-order valence-electron chi connectivity index (χ0n) is 17.4. The number of hydrogen-bond acceptors (Lipinski definition) is 4. The number of amidine groups is 1. The second kappa shape index (κ2) is 8.22. The van der Waals surface area contributed by atoms with E-state index in [9.17, 15) is 13.2 Å². The molecule has 2 aliphatic rings. The van der Waals surface area contributed by atoms with Crippen LogP contribution in [-0.2, 0) is 21.4 Å². The second-order valence-corrected chi connectivity index (χ2v) is 9.77. The molecule has 6 nitrogen and oxygen atoms in total. The van der Waals surface area contributed by atoms with Crippen LogP contribution < -0.4 is 0 Å². The minimum atomic E-state index is -3.62. The fourth-order valence-corrected chi connectivity index (χ4v) is 5.41. The number of benzene rings is 2. The highest BCUT2D eigenvalue weighted by Gasteiger charge is 2.35. The molecule has 158 valence electrons. The Hall–Kier alpha value is -2.67. The van der Waals surface area contributed by atoms with Crippen molar-refractivity contribution in [1.29, 1.82) is 0 Å². The molecule has 1 saturated heterocycles. The van der Waals surface area contributed by atoms with Crippen molar-refractivity contribution < 1.29 is 13.2 Å². The minimum Gasteiger partial charge on any atom is -0.355 e. The van der Waals surface area contributed by atoms with Crippen LogP contribution >= 0.6 is 0 Å². The molecule has 0 unspecified atom stereocenters. The number of rotatable bonds is 4. The summed E-state index contributed by atoms with van der Waals surface area (Å²) >= 11 is 0. The molecule has 1 amide bonds. The van der Waals surface area contributed by atoms with Crippen LogP contribution in [0.15, 0.2) is 63.9 Å². The predicted molar refractivity (Wildman–Crippen MR) is 117 cm³/mol. The van der Waals surface area contributed by atoms with Gasteiger partial charge in [0.1, 0.15) is 4.90 Å². The SMILES string of the molecule is CC(C)N(Cc1ccccc1)C(=O)C1CCN(C2=NS(=O)(=O)c3ccccc32)CC1. The summed E-state index contributed by atoms with van der Waals surface area (Å²) in [7, 11) is -3.62. The van der Waals surface area contributed by atoms with Gasteiger partial charge in [-0.05, 0) is 44.4 Å². The van der Waals surface area contributed by atoms with Crippen molar-refractivity contribution in [2.75, 3.05) is 13.1 Å². The lowest BCUT2D eigenvalue weighted by molar-refractivity contribution is -0.139. The molecule has 1 fully saturated rings. The van der Waals surface area contributed by atoms with Gasteiger partial charge < -0.3 is 9.80 Å². The average Bonchev–Trinajstić information content (AvgIpc) is 3.03. The summed E-state index contributed by atoms with van der Waals surface area (Å²) < 4.78 is 28.7. The Bertz CT molecular complexity index is 1060. The molecule has 0 spiro atoms. The number of fused-ring (bicyclic) bond motifs is 1. The van der Waals surface area contributed by atoms with Crippen molar-refractivity contribution in [2.24, 2.45) is 10.3 Å². The van der Waals surface area contributed by atoms with Crippen LogP contribution in [0.3, 0.4) is 0 Å². The van der Waals surface area contributed by atoms with Crippen LogP contribution in [0, 0.1) is 5.92 Å². The van der Waals surface area contributed by atoms with Gasteiger partial charge in [-0.1, -0.05) is 42.5 Å². The van der Waals surface area contributed by atoms with E-state index in [1.165, 1.54) is 0 Å². The van der Waals surface area contributed by atoms with Crippen molar-refractivity contribution >= 4 is 21.8 Å². The Labute approximate surface area is 178 Å². The number of amides is 1. The van der Waals surface area contributed by atoms with Gasteiger partial charge in [0.05, 0.1) is 0 Å². The van der Waals surface area contributed by atoms with E-state index in [1.807, 2.05) is 60.0 Å². The molecule has 2 aromatic carbocycles. The lowest BCUT2D eigenvalue weighted by atomic mass is 9.94. The maximum atomic E-state index is 13.3. The van der Waals surface area contributed by atoms with E-state index in [2.05, 4.69) is 4.40 Å². The largest absolute Gasteiger partial charge is 0.355 e. The standard InChI is InChI=1S/C23H27N3O3S/c1-17(2)26(16-18-8-4-3-5-9-18)23(27)19-12-14-25(15-13-19)22-20-10-6-7-11-21(20)30(28,29)24-22/h3-11,17,19H,12-16H2,1-2H3. The summed E-state index contributed by atoms with van der Waals surface area (Å²) in [5.74, 6) is 0.637. The maximum Gasteiger partial charge on any atom is 0.285 e. The quantitative estimate of drug-likeness (QED) is 0.754. The van der Waals surface area contributed by atoms with Crippen LogP contribution in [0.4, 0.5) is 0 Å². The summed E-state index contributed by atoms with van der Waals surface area (Å²) in [6.07, 6.45) is 1.39. The Balaban J connectivity index is 1.45. The summed E-state index contributed by atoms with van der Waals surface area (Å²) in [5, 5.41) is 0. The van der Waals surface area contributed by atoms with Crippen molar-refractivity contribution in [3.05, 3.63) is 65.7 Å². The number of sulfonamides is 1. The first-order chi connectivity index (χ1) is 14.4. The van der Waals surface area contributed by atoms with E-state index in [0.29, 0.717) is 43.9 Å². The lowest BCUT2D eigenvalue weighted by Crippen LogP contribution is -2.46. The minimum absolute atomic E-state index is 0.0544. The number of nitrogens with zero attached hydrogens (tertiary/aromatic N) is 3. The Kier molecular flexibility index (Phi) is 5.64. The molecular weight excluding hydrogens is 398 g/mol. The third kappa shape index (κ3) is 3.99. The molecular formula is C23H27N3O3S. The third-order valence-corrected chi connectivity index (χ3v) is 7.18. The summed E-state index contributed by atoms with van der Waals surface area (Å²) in [4.78, 5) is 17.5. The van der Waals surface area contributed by atoms with Gasteiger partial charge in [-0.3, -0.25) is 4.79 Å². The zero-order valence-corrected chi connectivity index (χ0v) is 18.2. The van der Waals surface area contributed by atoms with E-state index in [0.717, 1.165) is 5.56 Å². The van der Waals surface area contributed by atoms with Gasteiger partial charge in [0.25, 0.3) is 10.0 Å². The fraction of sp³-hybridized carbons (Fsp3) is 0.391. The molecule has 2 aromatic rings. The molecule has 4 rings (SSSR count). The molecule has 0 aromatic heterocycles. The van der Waals surface area contributed by atoms with Crippen molar-refractivity contribution in [3.8, 4) is 0 Å². The number of piperidine rings is 1. The number of hydrogen-bond donors (Lipinski definition) is 0. The number of carbonyl (C=O) groups excluding carboxylic acids is 1. The van der Waals surface area contributed by atoms with Gasteiger partial charge in [-0.15, -0.1) is 4.40 Å². The van der Waals surface area contributed by atoms with E-state index < -0.39 is 10.0 Å². The molecule has 0 bridgehead atoms. The van der Waals surface area contributed by atoms with Gasteiger partial charge in [0.15, 0.2) is 5.84 Å². The highest BCUT2D eigenvalue weighted by molar-refractivity contribution is 7.90. The second-order valence-electron chi connectivity index (χ2n) is 8.19. The molecule has 0 radical (unpaired) electrons. The predicted octanol–water partition coefficient (Wildman–Crippen LogP) is 3.28. The number of likely N-dealkylation sites (tertiary alicyclic amines) is 1. The van der Waals surface area contributed by atoms with Crippen LogP contribution in [-0.4, -0.2) is 49.1 Å². The molecule has 0 saturated carbocycles. The monoisotopic (exact) mass is 425 g/mol. The van der Waals surface area contributed by atoms with E-state index >= 15 is 0 Å². The number of carbonyl (C=O) groups is 1. The molecule has 0 aliphatic carbocycles. The Morgan fingerprint density at radius 3 is 2.37 bits per heavy atom. The smallest absolute Gasteiger partial charge is 0.285 e. The van der Waals surface area contributed by atoms with E-state index in [4.69, 9.17) is 0 Å². The molecule has 0 atom stereocenters. The van der Waals surface area contributed by atoms with Gasteiger partial charge in [-0.25, -0.2) is 0 Å². The first kappa shape index (κ1) is 20.6. The molecule has 0 N–H and O–H groups in total. The lowest BCUT2D eigenvalue weighted by Gasteiger charge is -2.36. The van der Waals surface area contributed by atoms with Crippen molar-refractivity contribution in [3.63, 3.8) is 0 Å². The first-order valence-corrected chi connectivity index (χ1v) is 11.8. The van der Waals surface area contributed by atoms with Crippen LogP contribution in [0.2, 0.25) is 0 Å². The topological polar surface area (TPSA) is 70.1 Å². The van der Waals surface area contributed by atoms with Gasteiger partial charge in [-0.2, -0.15) is 8.42 Å². The van der Waals surface area contributed by atoms with Crippen LogP contribution in [0.5, 0.6) is 0 Å². The summed E-state index contributed by atoms with van der Waals surface area (Å²) in [6, 6.07) is 17.1. The maximum absolute atomic E-state index is 13.3. The highest BCUT2D eigenvalue weighted by Crippen LogP contribution is 2.30. The van der Waals surface area contributed by atoms with Crippen LogP contribution in [0.1, 0.15) is 37.8 Å². The Morgan fingerprint density at radius 1 is 1.07 bits per heavy atom. The molecule has 2 aliphatic heterocycles. The normalized spacial score (nSPS) is 18.2. The summed E-state index contributed by atoms with van der Waals surface area (Å²) in [5.41, 5.74) is 1.79. The summed E-state index contributed by atoms with van der Waals surface area (Å²) in [6.45, 7) is 5.94. The molecule has 2 heterocycles. The van der Waals surface area contributed by atoms with Gasteiger partial charge in [0.2, 0.25) is 5.91 Å². The molecule has 7 heteroatoms. The van der Waals surface area contributed by atoms with Crippen molar-refractivity contribution in [1.82, 2.24) is 9.80 Å². The third-order valence-electron chi connectivity index (χ3n) is 5.86. The van der Waals surface area contributed by atoms with Gasteiger partial charge in [0, 0.05) is 37.2 Å². The molecule has 30 heavy (non-hydrogen) atoms. The van der Waals surface area contributed by atoms with Crippen LogP contribution in [0.25, 0.3) is 0 Å². The Morgan fingerprint density at radius 2 is 1.70 bits per heavy atom. The van der Waals surface area contributed by atoms with E-state index in [-0.39, 0.29) is 22.8 Å². The fourth-order valence-electron chi connectivity index (χ4n) is 4.18. The highest BCUT2D eigenvalue weighted by atomic mass is 32.2. The first-order valence-electron chi connectivity index (χ1n) is 10.4. The van der Waals surface area contributed by atoms with Gasteiger partial charge >= 0.3 is 0 Å². The van der Waals surface area contributed by atoms with E-state index in [1.54, 1.807) is 18.2 Å². The van der Waals surface area contributed by atoms with Crippen molar-refractivity contribution in [2.45, 2.75) is 44.2 Å². The zero-order chi connectivity index (χ0) is 21.3. The average molecular weight is 426 g/mol.